The molecule has 4 rings (SSSR count). The quantitative estimate of drug-likeness (QED) is 0.474. The third-order valence-corrected chi connectivity index (χ3v) is 5.35. The lowest BCUT2D eigenvalue weighted by atomic mass is 10.2. The molecular weight excluding hydrogens is 408 g/mol. The van der Waals surface area contributed by atoms with E-state index >= 15 is 0 Å². The minimum atomic E-state index is -0.181. The average Bonchev–Trinajstić information content (AvgIpc) is 3.38. The number of nitrogens with zero attached hydrogens (tertiary/aromatic N) is 3. The topological polar surface area (TPSA) is 69.0 Å². The molecule has 0 atom stereocenters. The lowest BCUT2D eigenvalue weighted by molar-refractivity contribution is -0.116. The number of hydrogen-bond donors (Lipinski definition) is 1. The van der Waals surface area contributed by atoms with Gasteiger partial charge >= 0.3 is 0 Å². The monoisotopic (exact) mass is 424 g/mol. The first kappa shape index (κ1) is 19.2. The summed E-state index contributed by atoms with van der Waals surface area (Å²) >= 11 is 7.62. The molecule has 6 nitrogen and oxygen atoms in total. The molecule has 0 aliphatic carbocycles. The van der Waals surface area contributed by atoms with Crippen LogP contribution in [0.25, 0.3) is 22.0 Å². The number of imidazole rings is 1. The zero-order valence-corrected chi connectivity index (χ0v) is 17.1. The number of thiazole rings is 1. The number of hydrogen-bond acceptors (Lipinski definition) is 5. The maximum atomic E-state index is 12.3. The van der Waals surface area contributed by atoms with Gasteiger partial charge in [0, 0.05) is 22.8 Å². The van der Waals surface area contributed by atoms with Crippen LogP contribution >= 0.6 is 22.9 Å². The summed E-state index contributed by atoms with van der Waals surface area (Å²) in [4.78, 5) is 21.4. The lowest BCUT2D eigenvalue weighted by Crippen LogP contribution is -2.17. The molecule has 0 fully saturated rings. The molecule has 0 saturated carbocycles. The number of benzene rings is 2. The van der Waals surface area contributed by atoms with Crippen LogP contribution in [0.15, 0.2) is 66.4 Å². The van der Waals surface area contributed by atoms with Crippen molar-refractivity contribution in [3.8, 4) is 27.7 Å². The number of aromatic nitrogens is 3. The Morgan fingerprint density at radius 1 is 1.21 bits per heavy atom. The fourth-order valence-electron chi connectivity index (χ4n) is 2.80. The molecule has 146 valence electrons. The van der Waals surface area contributed by atoms with Crippen molar-refractivity contribution in [2.45, 2.75) is 6.54 Å². The summed E-state index contributed by atoms with van der Waals surface area (Å²) in [6.07, 6.45) is 3.44. The Balaban J connectivity index is 1.42. The second kappa shape index (κ2) is 8.46. The molecule has 0 saturated heterocycles. The Labute approximate surface area is 176 Å². The second-order valence-electron chi connectivity index (χ2n) is 6.23. The highest BCUT2D eigenvalue weighted by molar-refractivity contribution is 7.13. The van der Waals surface area contributed by atoms with E-state index in [1.165, 1.54) is 11.3 Å². The molecule has 0 spiro atoms. The van der Waals surface area contributed by atoms with Gasteiger partial charge in [0.05, 0.1) is 24.2 Å². The van der Waals surface area contributed by atoms with Gasteiger partial charge < -0.3 is 14.6 Å². The molecule has 0 aliphatic rings. The van der Waals surface area contributed by atoms with Crippen LogP contribution in [0.1, 0.15) is 0 Å². The Kier molecular flexibility index (Phi) is 5.59. The zero-order valence-electron chi connectivity index (χ0n) is 15.5. The molecule has 0 unspecified atom stereocenters. The van der Waals surface area contributed by atoms with Gasteiger partial charge in [0.1, 0.15) is 23.0 Å². The smallest absolute Gasteiger partial charge is 0.244 e. The van der Waals surface area contributed by atoms with Crippen molar-refractivity contribution in [2.24, 2.45) is 0 Å². The van der Waals surface area contributed by atoms with Crippen LogP contribution in [-0.2, 0) is 11.3 Å². The van der Waals surface area contributed by atoms with E-state index in [0.717, 1.165) is 22.0 Å². The van der Waals surface area contributed by atoms with Crippen LogP contribution in [0.3, 0.4) is 0 Å². The summed E-state index contributed by atoms with van der Waals surface area (Å²) in [5.41, 5.74) is 3.31. The van der Waals surface area contributed by atoms with E-state index in [-0.39, 0.29) is 12.5 Å². The standard InChI is InChI=1S/C21H17ClN4O2S/c1-28-19-8-7-15(9-16(19)22)24-20(27)11-26-10-17(23-13-26)21-25-18(12-29-21)14-5-3-2-4-6-14/h2-10,12-13H,11H2,1H3,(H,24,27). The first-order valence-electron chi connectivity index (χ1n) is 8.79. The number of rotatable bonds is 6. The summed E-state index contributed by atoms with van der Waals surface area (Å²) in [7, 11) is 1.54. The first-order valence-corrected chi connectivity index (χ1v) is 10.0. The summed E-state index contributed by atoms with van der Waals surface area (Å²) in [6.45, 7) is 0.133. The highest BCUT2D eigenvalue weighted by Gasteiger charge is 2.11. The Bertz CT molecular complexity index is 1140. The van der Waals surface area contributed by atoms with E-state index in [9.17, 15) is 4.79 Å². The third kappa shape index (κ3) is 4.47. The predicted molar refractivity (Wildman–Crippen MR) is 115 cm³/mol. The van der Waals surface area contributed by atoms with Crippen molar-refractivity contribution in [2.75, 3.05) is 12.4 Å². The predicted octanol–water partition coefficient (Wildman–Crippen LogP) is 4.97. The van der Waals surface area contributed by atoms with Crippen LogP contribution in [0, 0.1) is 0 Å². The molecule has 1 amide bonds. The van der Waals surface area contributed by atoms with E-state index in [2.05, 4.69) is 15.3 Å². The fraction of sp³-hybridized carbons (Fsp3) is 0.0952. The number of carbonyl (C=O) groups excluding carboxylic acids is 1. The van der Waals surface area contributed by atoms with Gasteiger partial charge in [-0.15, -0.1) is 11.3 Å². The summed E-state index contributed by atoms with van der Waals surface area (Å²) in [6, 6.07) is 15.1. The number of ether oxygens (including phenoxy) is 1. The molecular formula is C21H17ClN4O2S. The molecule has 4 aromatic rings. The molecule has 2 aromatic heterocycles. The first-order chi connectivity index (χ1) is 14.1. The number of nitrogens with one attached hydrogen (secondary N) is 1. The SMILES string of the molecule is COc1ccc(NC(=O)Cn2cnc(-c3nc(-c4ccccc4)cs3)c2)cc1Cl. The van der Waals surface area contributed by atoms with Gasteiger partial charge in [0.25, 0.3) is 0 Å². The molecule has 0 bridgehead atoms. The van der Waals surface area contributed by atoms with Gasteiger partial charge in [-0.1, -0.05) is 41.9 Å². The van der Waals surface area contributed by atoms with E-state index in [1.807, 2.05) is 41.9 Å². The molecule has 0 aliphatic heterocycles. The van der Waals surface area contributed by atoms with Gasteiger partial charge in [-0.25, -0.2) is 9.97 Å². The number of carbonyl (C=O) groups is 1. The average molecular weight is 425 g/mol. The van der Waals surface area contributed by atoms with Gasteiger partial charge in [0.15, 0.2) is 0 Å². The molecule has 29 heavy (non-hydrogen) atoms. The molecule has 0 radical (unpaired) electrons. The van der Waals surface area contributed by atoms with Crippen molar-refractivity contribution in [1.82, 2.24) is 14.5 Å². The van der Waals surface area contributed by atoms with E-state index < -0.39 is 0 Å². The number of anilines is 1. The molecule has 2 aromatic carbocycles. The highest BCUT2D eigenvalue weighted by Crippen LogP contribution is 2.28. The van der Waals surface area contributed by atoms with E-state index in [0.29, 0.717) is 16.5 Å². The second-order valence-corrected chi connectivity index (χ2v) is 7.50. The Morgan fingerprint density at radius 3 is 2.79 bits per heavy atom. The van der Waals surface area contributed by atoms with Crippen molar-refractivity contribution in [3.63, 3.8) is 0 Å². The van der Waals surface area contributed by atoms with Crippen molar-refractivity contribution in [3.05, 3.63) is 71.5 Å². The van der Waals surface area contributed by atoms with Crippen molar-refractivity contribution >= 4 is 34.5 Å². The van der Waals surface area contributed by atoms with Crippen LogP contribution in [0.2, 0.25) is 5.02 Å². The summed E-state index contributed by atoms with van der Waals surface area (Å²) < 4.78 is 6.83. The minimum absolute atomic E-state index is 0.133. The fourth-order valence-corrected chi connectivity index (χ4v) is 3.85. The maximum Gasteiger partial charge on any atom is 0.244 e. The van der Waals surface area contributed by atoms with Crippen LogP contribution in [-0.4, -0.2) is 27.6 Å². The highest BCUT2D eigenvalue weighted by atomic mass is 35.5. The van der Waals surface area contributed by atoms with Gasteiger partial charge in [-0.05, 0) is 18.2 Å². The number of halogens is 1. The zero-order chi connectivity index (χ0) is 20.2. The molecule has 2 heterocycles. The summed E-state index contributed by atoms with van der Waals surface area (Å²) in [5.74, 6) is 0.376. The van der Waals surface area contributed by atoms with E-state index in [1.54, 1.807) is 36.2 Å². The summed E-state index contributed by atoms with van der Waals surface area (Å²) in [5, 5.41) is 6.07. The number of methoxy groups -OCH3 is 1. The van der Waals surface area contributed by atoms with Crippen molar-refractivity contribution < 1.29 is 9.53 Å². The normalized spacial score (nSPS) is 10.7. The van der Waals surface area contributed by atoms with Crippen LogP contribution < -0.4 is 10.1 Å². The van der Waals surface area contributed by atoms with Crippen LogP contribution in [0.5, 0.6) is 5.75 Å². The number of amides is 1. The minimum Gasteiger partial charge on any atom is -0.495 e. The lowest BCUT2D eigenvalue weighted by Gasteiger charge is -2.08. The largest absolute Gasteiger partial charge is 0.495 e. The molecule has 8 heteroatoms. The maximum absolute atomic E-state index is 12.3. The van der Waals surface area contributed by atoms with Gasteiger partial charge in [-0.3, -0.25) is 4.79 Å². The third-order valence-electron chi connectivity index (χ3n) is 4.19. The van der Waals surface area contributed by atoms with Gasteiger partial charge in [0.2, 0.25) is 5.91 Å². The van der Waals surface area contributed by atoms with Crippen molar-refractivity contribution in [1.29, 1.82) is 0 Å². The molecule has 1 N–H and O–H groups in total. The van der Waals surface area contributed by atoms with Crippen LogP contribution in [0.4, 0.5) is 5.69 Å². The Hall–Kier alpha value is -3.16. The van der Waals surface area contributed by atoms with E-state index in [4.69, 9.17) is 16.3 Å². The van der Waals surface area contributed by atoms with Gasteiger partial charge in [-0.2, -0.15) is 0 Å². The Morgan fingerprint density at radius 2 is 2.03 bits per heavy atom.